The van der Waals surface area contributed by atoms with Crippen molar-refractivity contribution in [1.29, 1.82) is 0 Å². The number of nitrogen functional groups attached to an aromatic ring is 1. The normalized spacial score (nSPS) is 10.6. The van der Waals surface area contributed by atoms with E-state index < -0.39 is 0 Å². The zero-order valence-corrected chi connectivity index (χ0v) is 10.5. The molecule has 0 unspecified atom stereocenters. The molecule has 0 bridgehead atoms. The highest BCUT2D eigenvalue weighted by Crippen LogP contribution is 2.10. The lowest BCUT2D eigenvalue weighted by atomic mass is 10.3. The van der Waals surface area contributed by atoms with Gasteiger partial charge in [-0.2, -0.15) is 4.98 Å². The van der Waals surface area contributed by atoms with Gasteiger partial charge in [0.25, 0.3) is 0 Å². The summed E-state index contributed by atoms with van der Waals surface area (Å²) in [5, 5.41) is 6.80. The van der Waals surface area contributed by atoms with Crippen molar-refractivity contribution in [2.45, 2.75) is 33.2 Å². The summed E-state index contributed by atoms with van der Waals surface area (Å²) in [7, 11) is 0. The van der Waals surface area contributed by atoms with Crippen molar-refractivity contribution in [1.82, 2.24) is 20.1 Å². The van der Waals surface area contributed by atoms with Crippen LogP contribution in [0.4, 0.5) is 11.6 Å². The number of hydrogen-bond donors (Lipinski definition) is 2. The summed E-state index contributed by atoms with van der Waals surface area (Å²) in [6.07, 6.45) is 1.78. The molecule has 0 spiro atoms. The highest BCUT2D eigenvalue weighted by atomic mass is 16.5. The Morgan fingerprint density at radius 1 is 1.33 bits per heavy atom. The minimum absolute atomic E-state index is 0.420. The molecule has 0 aliphatic carbocycles. The topological polar surface area (TPSA) is 103 Å². The molecular weight excluding hydrogens is 232 g/mol. The number of nitrogens with zero attached hydrogens (tertiary/aromatic N) is 4. The van der Waals surface area contributed by atoms with Crippen LogP contribution >= 0.6 is 0 Å². The number of nitrogens with one attached hydrogen (secondary N) is 1. The molecule has 0 amide bonds. The van der Waals surface area contributed by atoms with Gasteiger partial charge in [-0.15, -0.1) is 0 Å². The molecule has 7 heteroatoms. The number of hydrogen-bond acceptors (Lipinski definition) is 7. The summed E-state index contributed by atoms with van der Waals surface area (Å²) < 4.78 is 5.00. The lowest BCUT2D eigenvalue weighted by Gasteiger charge is -2.05. The standard InChI is InChI=1S/C11H16N6O/c1-3-4-9-15-8(12)5-10(16-9)13-6-11-14-7(2)17-18-11/h5H,3-4,6H2,1-2H3,(H3,12,13,15,16). The maximum absolute atomic E-state index is 5.72. The van der Waals surface area contributed by atoms with Gasteiger partial charge in [0.05, 0.1) is 6.54 Å². The molecule has 0 fully saturated rings. The Hall–Kier alpha value is -2.18. The quantitative estimate of drug-likeness (QED) is 0.822. The summed E-state index contributed by atoms with van der Waals surface area (Å²) in [5.74, 6) is 2.99. The minimum Gasteiger partial charge on any atom is -0.384 e. The first-order valence-electron chi connectivity index (χ1n) is 5.84. The molecule has 7 nitrogen and oxygen atoms in total. The molecule has 2 heterocycles. The number of aromatic nitrogens is 4. The van der Waals surface area contributed by atoms with Crippen LogP contribution in [0.3, 0.4) is 0 Å². The molecule has 2 aromatic heterocycles. The fourth-order valence-corrected chi connectivity index (χ4v) is 1.52. The van der Waals surface area contributed by atoms with Crippen LogP contribution in [0.15, 0.2) is 10.6 Å². The Bertz CT molecular complexity index is 524. The molecule has 2 rings (SSSR count). The van der Waals surface area contributed by atoms with Gasteiger partial charge in [-0.1, -0.05) is 12.1 Å². The van der Waals surface area contributed by atoms with Crippen molar-refractivity contribution in [2.75, 3.05) is 11.1 Å². The third-order valence-electron chi connectivity index (χ3n) is 2.26. The van der Waals surface area contributed by atoms with Gasteiger partial charge >= 0.3 is 0 Å². The lowest BCUT2D eigenvalue weighted by molar-refractivity contribution is 0.379. The summed E-state index contributed by atoms with van der Waals surface area (Å²) in [6, 6.07) is 1.68. The van der Waals surface area contributed by atoms with Crippen molar-refractivity contribution in [3.8, 4) is 0 Å². The first-order chi connectivity index (χ1) is 8.67. The average Bonchev–Trinajstić information content (AvgIpc) is 2.72. The summed E-state index contributed by atoms with van der Waals surface area (Å²) in [6.45, 7) is 4.26. The van der Waals surface area contributed by atoms with Crippen LogP contribution in [-0.2, 0) is 13.0 Å². The third kappa shape index (κ3) is 3.16. The van der Waals surface area contributed by atoms with Crippen LogP contribution in [-0.4, -0.2) is 20.1 Å². The summed E-state index contributed by atoms with van der Waals surface area (Å²) in [5.41, 5.74) is 5.72. The molecule has 0 saturated heterocycles. The Morgan fingerprint density at radius 3 is 2.83 bits per heavy atom. The molecule has 0 aromatic carbocycles. The van der Waals surface area contributed by atoms with E-state index in [4.69, 9.17) is 10.3 Å². The van der Waals surface area contributed by atoms with E-state index in [1.165, 1.54) is 0 Å². The maximum Gasteiger partial charge on any atom is 0.245 e. The molecule has 96 valence electrons. The van der Waals surface area contributed by atoms with Crippen LogP contribution in [0, 0.1) is 6.92 Å². The van der Waals surface area contributed by atoms with E-state index in [9.17, 15) is 0 Å². The first-order valence-corrected chi connectivity index (χ1v) is 5.84. The number of anilines is 2. The monoisotopic (exact) mass is 248 g/mol. The summed E-state index contributed by atoms with van der Waals surface area (Å²) in [4.78, 5) is 12.6. The van der Waals surface area contributed by atoms with Crippen LogP contribution in [0.2, 0.25) is 0 Å². The second-order valence-corrected chi connectivity index (χ2v) is 3.93. The van der Waals surface area contributed by atoms with Gasteiger partial charge in [0.2, 0.25) is 5.89 Å². The highest BCUT2D eigenvalue weighted by molar-refractivity contribution is 5.44. The second-order valence-electron chi connectivity index (χ2n) is 3.93. The smallest absolute Gasteiger partial charge is 0.245 e. The zero-order chi connectivity index (χ0) is 13.0. The van der Waals surface area contributed by atoms with Gasteiger partial charge in [-0.3, -0.25) is 0 Å². The molecule has 0 atom stereocenters. The van der Waals surface area contributed by atoms with E-state index in [0.717, 1.165) is 18.7 Å². The maximum atomic E-state index is 5.72. The van der Waals surface area contributed by atoms with E-state index in [-0.39, 0.29) is 0 Å². The van der Waals surface area contributed by atoms with Crippen molar-refractivity contribution >= 4 is 11.6 Å². The van der Waals surface area contributed by atoms with Crippen LogP contribution in [0.25, 0.3) is 0 Å². The van der Waals surface area contributed by atoms with Gasteiger partial charge in [-0.05, 0) is 13.3 Å². The Labute approximate surface area is 105 Å². The highest BCUT2D eigenvalue weighted by Gasteiger charge is 2.05. The van der Waals surface area contributed by atoms with E-state index >= 15 is 0 Å². The number of aryl methyl sites for hydroxylation is 2. The fraction of sp³-hybridized carbons (Fsp3) is 0.455. The molecule has 0 aliphatic heterocycles. The molecule has 2 aromatic rings. The van der Waals surface area contributed by atoms with Gasteiger partial charge in [0.15, 0.2) is 5.82 Å². The second kappa shape index (κ2) is 5.44. The molecular formula is C11H16N6O. The molecule has 3 N–H and O–H groups in total. The average molecular weight is 248 g/mol. The van der Waals surface area contributed by atoms with E-state index in [0.29, 0.717) is 29.9 Å². The third-order valence-corrected chi connectivity index (χ3v) is 2.26. The Balaban J connectivity index is 2.04. The molecule has 18 heavy (non-hydrogen) atoms. The molecule has 0 saturated carbocycles. The molecule has 0 aliphatic rings. The predicted molar refractivity (Wildman–Crippen MR) is 66.8 cm³/mol. The van der Waals surface area contributed by atoms with E-state index in [1.54, 1.807) is 13.0 Å². The minimum atomic E-state index is 0.420. The van der Waals surface area contributed by atoms with Gasteiger partial charge in [0, 0.05) is 12.5 Å². The van der Waals surface area contributed by atoms with E-state index in [2.05, 4.69) is 32.3 Å². The predicted octanol–water partition coefficient (Wildman–Crippen LogP) is 1.31. The van der Waals surface area contributed by atoms with Gasteiger partial charge < -0.3 is 15.6 Å². The lowest BCUT2D eigenvalue weighted by Crippen LogP contribution is -2.06. The van der Waals surface area contributed by atoms with Crippen molar-refractivity contribution in [3.05, 3.63) is 23.6 Å². The number of nitrogens with two attached hydrogens (primary N) is 1. The Kier molecular flexibility index (Phi) is 3.71. The van der Waals surface area contributed by atoms with Crippen LogP contribution in [0.1, 0.15) is 30.9 Å². The summed E-state index contributed by atoms with van der Waals surface area (Å²) >= 11 is 0. The fourth-order valence-electron chi connectivity index (χ4n) is 1.52. The van der Waals surface area contributed by atoms with Crippen molar-refractivity contribution < 1.29 is 4.52 Å². The zero-order valence-electron chi connectivity index (χ0n) is 10.5. The largest absolute Gasteiger partial charge is 0.384 e. The van der Waals surface area contributed by atoms with Crippen molar-refractivity contribution in [3.63, 3.8) is 0 Å². The van der Waals surface area contributed by atoms with E-state index in [1.807, 2.05) is 0 Å². The first kappa shape index (κ1) is 12.3. The SMILES string of the molecule is CCCc1nc(N)cc(NCc2nc(C)no2)n1. The molecule has 0 radical (unpaired) electrons. The van der Waals surface area contributed by atoms with Gasteiger partial charge in [-0.25, -0.2) is 9.97 Å². The Morgan fingerprint density at radius 2 is 2.17 bits per heavy atom. The van der Waals surface area contributed by atoms with Crippen molar-refractivity contribution in [2.24, 2.45) is 0 Å². The van der Waals surface area contributed by atoms with Gasteiger partial charge in [0.1, 0.15) is 17.5 Å². The van der Waals surface area contributed by atoms with Crippen LogP contribution < -0.4 is 11.1 Å². The van der Waals surface area contributed by atoms with Crippen LogP contribution in [0.5, 0.6) is 0 Å². The number of rotatable bonds is 5.